The van der Waals surface area contributed by atoms with E-state index in [0.29, 0.717) is 11.8 Å². The molecule has 2 heterocycles. The predicted octanol–water partition coefficient (Wildman–Crippen LogP) is 0.950. The maximum Gasteiger partial charge on any atom is 0.257 e. The van der Waals surface area contributed by atoms with Crippen LogP contribution in [0.25, 0.3) is 0 Å². The number of morpholine rings is 1. The van der Waals surface area contributed by atoms with Gasteiger partial charge in [0.05, 0.1) is 6.61 Å². The first-order chi connectivity index (χ1) is 7.33. The maximum atomic E-state index is 5.61. The fraction of sp³-hybridized carbons (Fsp3) is 0.800. The molecule has 0 N–H and O–H groups in total. The monoisotopic (exact) mass is 209 g/mol. The standard InChI is InChI=1S/C10H15N3O2/c1-13-4-5-14-8(6-13)10-11-9(12-15-10)7-2-3-7/h7-8H,2-6H2,1H3. The Morgan fingerprint density at radius 3 is 3.00 bits per heavy atom. The predicted molar refractivity (Wildman–Crippen MR) is 52.5 cm³/mol. The van der Waals surface area contributed by atoms with Gasteiger partial charge in [0, 0.05) is 19.0 Å². The summed E-state index contributed by atoms with van der Waals surface area (Å²) < 4.78 is 10.9. The average molecular weight is 209 g/mol. The molecular formula is C10H15N3O2. The Morgan fingerprint density at radius 2 is 2.27 bits per heavy atom. The van der Waals surface area contributed by atoms with Gasteiger partial charge in [-0.25, -0.2) is 0 Å². The minimum Gasteiger partial charge on any atom is -0.366 e. The van der Waals surface area contributed by atoms with Gasteiger partial charge in [-0.1, -0.05) is 5.16 Å². The molecule has 15 heavy (non-hydrogen) atoms. The van der Waals surface area contributed by atoms with Gasteiger partial charge in [0.1, 0.15) is 6.10 Å². The molecule has 82 valence electrons. The number of hydrogen-bond donors (Lipinski definition) is 0. The van der Waals surface area contributed by atoms with Gasteiger partial charge >= 0.3 is 0 Å². The van der Waals surface area contributed by atoms with Crippen molar-refractivity contribution in [1.82, 2.24) is 15.0 Å². The highest BCUT2D eigenvalue weighted by Crippen LogP contribution is 2.38. The van der Waals surface area contributed by atoms with Crippen LogP contribution in [-0.4, -0.2) is 41.8 Å². The summed E-state index contributed by atoms with van der Waals surface area (Å²) in [6, 6.07) is 0. The van der Waals surface area contributed by atoms with E-state index in [1.807, 2.05) is 0 Å². The second-order valence-corrected chi connectivity index (χ2v) is 4.39. The maximum absolute atomic E-state index is 5.61. The summed E-state index contributed by atoms with van der Waals surface area (Å²) in [6.45, 7) is 2.55. The molecule has 0 radical (unpaired) electrons. The van der Waals surface area contributed by atoms with E-state index in [9.17, 15) is 0 Å². The zero-order valence-electron chi connectivity index (χ0n) is 8.85. The van der Waals surface area contributed by atoms with Crippen molar-refractivity contribution < 1.29 is 9.26 Å². The molecule has 1 saturated heterocycles. The summed E-state index contributed by atoms with van der Waals surface area (Å²) in [5, 5.41) is 3.99. The summed E-state index contributed by atoms with van der Waals surface area (Å²) in [4.78, 5) is 6.62. The molecule has 0 bridgehead atoms. The van der Waals surface area contributed by atoms with Crippen molar-refractivity contribution in [1.29, 1.82) is 0 Å². The van der Waals surface area contributed by atoms with Crippen LogP contribution in [0.4, 0.5) is 0 Å². The molecule has 1 aromatic rings. The van der Waals surface area contributed by atoms with Crippen molar-refractivity contribution in [2.75, 3.05) is 26.7 Å². The third-order valence-electron chi connectivity index (χ3n) is 2.94. The summed E-state index contributed by atoms with van der Waals surface area (Å²) in [6.07, 6.45) is 2.36. The quantitative estimate of drug-likeness (QED) is 0.725. The first-order valence-electron chi connectivity index (χ1n) is 5.46. The number of hydrogen-bond acceptors (Lipinski definition) is 5. The molecule has 5 heteroatoms. The molecule has 1 atom stereocenters. The zero-order chi connectivity index (χ0) is 10.3. The van der Waals surface area contributed by atoms with Gasteiger partial charge in [-0.3, -0.25) is 0 Å². The molecule has 1 saturated carbocycles. The van der Waals surface area contributed by atoms with E-state index in [1.165, 1.54) is 12.8 Å². The Labute approximate surface area is 88.4 Å². The molecular weight excluding hydrogens is 194 g/mol. The number of likely N-dealkylation sites (N-methyl/N-ethyl adjacent to an activating group) is 1. The molecule has 1 aromatic heterocycles. The molecule has 0 spiro atoms. The first kappa shape index (κ1) is 9.30. The van der Waals surface area contributed by atoms with Gasteiger partial charge in [-0.05, 0) is 19.9 Å². The SMILES string of the molecule is CN1CCOC(c2nc(C3CC3)no2)C1. The summed E-state index contributed by atoms with van der Waals surface area (Å²) in [5.41, 5.74) is 0. The fourth-order valence-corrected chi connectivity index (χ4v) is 1.81. The normalized spacial score (nSPS) is 28.2. The van der Waals surface area contributed by atoms with Crippen molar-refractivity contribution in [3.05, 3.63) is 11.7 Å². The zero-order valence-corrected chi connectivity index (χ0v) is 8.85. The van der Waals surface area contributed by atoms with Crippen LogP contribution in [0.5, 0.6) is 0 Å². The van der Waals surface area contributed by atoms with Crippen molar-refractivity contribution >= 4 is 0 Å². The molecule has 2 fully saturated rings. The number of aromatic nitrogens is 2. The van der Waals surface area contributed by atoms with Gasteiger partial charge in [0.15, 0.2) is 5.82 Å². The van der Waals surface area contributed by atoms with E-state index in [-0.39, 0.29) is 6.10 Å². The lowest BCUT2D eigenvalue weighted by molar-refractivity contribution is -0.0366. The van der Waals surface area contributed by atoms with Gasteiger partial charge < -0.3 is 14.2 Å². The van der Waals surface area contributed by atoms with Crippen LogP contribution in [-0.2, 0) is 4.74 Å². The van der Waals surface area contributed by atoms with E-state index in [0.717, 1.165) is 25.5 Å². The van der Waals surface area contributed by atoms with E-state index in [4.69, 9.17) is 9.26 Å². The third-order valence-corrected chi connectivity index (χ3v) is 2.94. The molecule has 1 aliphatic heterocycles. The molecule has 5 nitrogen and oxygen atoms in total. The Kier molecular flexibility index (Phi) is 2.21. The van der Waals surface area contributed by atoms with Crippen LogP contribution in [0.2, 0.25) is 0 Å². The number of ether oxygens (including phenoxy) is 1. The van der Waals surface area contributed by atoms with Crippen LogP contribution < -0.4 is 0 Å². The van der Waals surface area contributed by atoms with Gasteiger partial charge in [0.25, 0.3) is 5.89 Å². The summed E-state index contributed by atoms with van der Waals surface area (Å²) >= 11 is 0. The van der Waals surface area contributed by atoms with Crippen molar-refractivity contribution in [3.63, 3.8) is 0 Å². The second-order valence-electron chi connectivity index (χ2n) is 4.39. The summed E-state index contributed by atoms with van der Waals surface area (Å²) in [5.74, 6) is 2.05. The highest BCUT2D eigenvalue weighted by Gasteiger charge is 2.31. The van der Waals surface area contributed by atoms with E-state index in [2.05, 4.69) is 22.1 Å². The number of rotatable bonds is 2. The third kappa shape index (κ3) is 1.89. The topological polar surface area (TPSA) is 51.4 Å². The Hall–Kier alpha value is -0.940. The van der Waals surface area contributed by atoms with Crippen LogP contribution in [0, 0.1) is 0 Å². The smallest absolute Gasteiger partial charge is 0.257 e. The first-order valence-corrected chi connectivity index (χ1v) is 5.46. The summed E-state index contributed by atoms with van der Waals surface area (Å²) in [7, 11) is 2.08. The van der Waals surface area contributed by atoms with Crippen LogP contribution >= 0.6 is 0 Å². The van der Waals surface area contributed by atoms with Gasteiger partial charge in [0.2, 0.25) is 0 Å². The van der Waals surface area contributed by atoms with Crippen LogP contribution in [0.15, 0.2) is 4.52 Å². The van der Waals surface area contributed by atoms with E-state index < -0.39 is 0 Å². The second kappa shape index (κ2) is 3.57. The van der Waals surface area contributed by atoms with Crippen molar-refractivity contribution in [2.24, 2.45) is 0 Å². The van der Waals surface area contributed by atoms with Crippen LogP contribution in [0.3, 0.4) is 0 Å². The lowest BCUT2D eigenvalue weighted by atomic mass is 10.3. The minimum absolute atomic E-state index is 0.0382. The Bertz CT molecular complexity index is 348. The fourth-order valence-electron chi connectivity index (χ4n) is 1.81. The van der Waals surface area contributed by atoms with Crippen molar-refractivity contribution in [3.8, 4) is 0 Å². The lowest BCUT2D eigenvalue weighted by Crippen LogP contribution is -2.35. The number of nitrogens with zero attached hydrogens (tertiary/aromatic N) is 3. The highest BCUT2D eigenvalue weighted by molar-refractivity contribution is 5.04. The van der Waals surface area contributed by atoms with Gasteiger partial charge in [-0.2, -0.15) is 4.98 Å². The van der Waals surface area contributed by atoms with E-state index in [1.54, 1.807) is 0 Å². The Morgan fingerprint density at radius 1 is 1.40 bits per heavy atom. The lowest BCUT2D eigenvalue weighted by Gasteiger charge is -2.27. The molecule has 1 unspecified atom stereocenters. The average Bonchev–Trinajstić information content (AvgIpc) is 2.97. The van der Waals surface area contributed by atoms with E-state index >= 15 is 0 Å². The van der Waals surface area contributed by atoms with Crippen molar-refractivity contribution in [2.45, 2.75) is 24.9 Å². The molecule has 0 amide bonds. The Balaban J connectivity index is 1.73. The largest absolute Gasteiger partial charge is 0.366 e. The molecule has 0 aromatic carbocycles. The minimum atomic E-state index is -0.0382. The van der Waals surface area contributed by atoms with Crippen LogP contribution in [0.1, 0.15) is 36.6 Å². The highest BCUT2D eigenvalue weighted by atomic mass is 16.5. The molecule has 2 aliphatic rings. The van der Waals surface area contributed by atoms with Gasteiger partial charge in [-0.15, -0.1) is 0 Å². The molecule has 3 rings (SSSR count). The molecule has 1 aliphatic carbocycles.